The Morgan fingerprint density at radius 2 is 1.82 bits per heavy atom. The van der Waals surface area contributed by atoms with Gasteiger partial charge in [-0.2, -0.15) is 13.2 Å². The van der Waals surface area contributed by atoms with Crippen molar-refractivity contribution in [3.8, 4) is 0 Å². The minimum atomic E-state index is -4.57. The fraction of sp³-hybridized carbons (Fsp3) is 0.407. The van der Waals surface area contributed by atoms with Gasteiger partial charge in [-0.25, -0.2) is 8.78 Å². The van der Waals surface area contributed by atoms with Gasteiger partial charge in [0.05, 0.1) is 17.8 Å². The normalized spacial score (nSPS) is 19.1. The number of hydrogen-bond donors (Lipinski definition) is 3. The number of carbonyl (C=O) groups is 3. The number of amides is 3. The molecule has 208 valence electrons. The molecule has 2 aromatic rings. The standard InChI is InChI=1S/C27H27F5N4O3/c28-16-4-1-3-15(12-16)23-18-5-2-6-20(29)24(18)36-22(37)13-21(34-23)35-26(39)17(9-10-27(30,31)32)19(25(33)38)11-14-7-8-14/h1-6,12,14,17,19,21H,7-11,13H2,(H2,33,38)(H,35,39)(H,36,37)/t17-,19+,21-/m1/s1. The zero-order chi connectivity index (χ0) is 28.3. The van der Waals surface area contributed by atoms with Gasteiger partial charge < -0.3 is 16.4 Å². The summed E-state index contributed by atoms with van der Waals surface area (Å²) in [6.45, 7) is 0. The highest BCUT2D eigenvalue weighted by Crippen LogP contribution is 2.39. The Labute approximate surface area is 221 Å². The number of carbonyl (C=O) groups excluding carboxylic acids is 3. The minimum absolute atomic E-state index is 0.0468. The molecule has 1 fully saturated rings. The largest absolute Gasteiger partial charge is 0.389 e. The first-order valence-electron chi connectivity index (χ1n) is 12.5. The zero-order valence-corrected chi connectivity index (χ0v) is 20.7. The van der Waals surface area contributed by atoms with Crippen molar-refractivity contribution >= 4 is 29.1 Å². The molecule has 0 saturated heterocycles. The molecule has 3 amide bonds. The molecule has 39 heavy (non-hydrogen) atoms. The van der Waals surface area contributed by atoms with Gasteiger partial charge in [0.25, 0.3) is 0 Å². The van der Waals surface area contributed by atoms with Gasteiger partial charge in [-0.3, -0.25) is 19.4 Å². The fourth-order valence-corrected chi connectivity index (χ4v) is 4.73. The summed E-state index contributed by atoms with van der Waals surface area (Å²) in [5.41, 5.74) is 5.70. The van der Waals surface area contributed by atoms with E-state index < -0.39 is 72.8 Å². The Kier molecular flexibility index (Phi) is 8.31. The summed E-state index contributed by atoms with van der Waals surface area (Å²) in [6.07, 6.45) is -6.60. The van der Waals surface area contributed by atoms with Crippen LogP contribution < -0.4 is 16.4 Å². The first-order valence-corrected chi connectivity index (χ1v) is 12.5. The Morgan fingerprint density at radius 1 is 1.10 bits per heavy atom. The average molecular weight is 551 g/mol. The van der Waals surface area contributed by atoms with E-state index in [1.807, 2.05) is 0 Å². The van der Waals surface area contributed by atoms with Crippen LogP contribution in [0, 0.1) is 29.4 Å². The molecule has 1 aliphatic carbocycles. The second kappa shape index (κ2) is 11.5. The van der Waals surface area contributed by atoms with Crippen LogP contribution in [-0.4, -0.2) is 35.8 Å². The SMILES string of the molecule is NC(=O)[C@@H](CC1CC1)[C@@H](CCC(F)(F)F)C(=O)N[C@@H]1CC(=O)Nc2c(F)cccc2C(c2cccc(F)c2)=N1. The highest BCUT2D eigenvalue weighted by Gasteiger charge is 2.40. The van der Waals surface area contributed by atoms with Crippen LogP contribution in [0.25, 0.3) is 0 Å². The molecule has 4 rings (SSSR count). The van der Waals surface area contributed by atoms with Crippen molar-refractivity contribution < 1.29 is 36.3 Å². The molecule has 0 bridgehead atoms. The van der Waals surface area contributed by atoms with Crippen molar-refractivity contribution in [3.05, 3.63) is 65.2 Å². The van der Waals surface area contributed by atoms with Gasteiger partial charge in [-0.1, -0.05) is 37.1 Å². The van der Waals surface area contributed by atoms with Gasteiger partial charge >= 0.3 is 6.18 Å². The van der Waals surface area contributed by atoms with E-state index in [1.54, 1.807) is 0 Å². The number of anilines is 1. The number of hydrogen-bond acceptors (Lipinski definition) is 4. The topological polar surface area (TPSA) is 114 Å². The number of aliphatic imine (C=N–C) groups is 1. The number of primary amides is 1. The number of rotatable bonds is 9. The quantitative estimate of drug-likeness (QED) is 0.401. The maximum Gasteiger partial charge on any atom is 0.389 e. The van der Waals surface area contributed by atoms with Crippen molar-refractivity contribution in [2.75, 3.05) is 5.32 Å². The number of para-hydroxylation sites is 1. The highest BCUT2D eigenvalue weighted by molar-refractivity contribution is 6.18. The van der Waals surface area contributed by atoms with E-state index in [9.17, 15) is 36.3 Å². The third kappa shape index (κ3) is 7.39. The van der Waals surface area contributed by atoms with E-state index in [-0.39, 0.29) is 34.9 Å². The molecule has 7 nitrogen and oxygen atoms in total. The van der Waals surface area contributed by atoms with E-state index >= 15 is 0 Å². The number of fused-ring (bicyclic) bond motifs is 1. The molecular formula is C27H27F5N4O3. The molecule has 0 aromatic heterocycles. The predicted octanol–water partition coefficient (Wildman–Crippen LogP) is 4.45. The lowest BCUT2D eigenvalue weighted by Gasteiger charge is -2.27. The predicted molar refractivity (Wildman–Crippen MR) is 132 cm³/mol. The summed E-state index contributed by atoms with van der Waals surface area (Å²) < 4.78 is 68.0. The van der Waals surface area contributed by atoms with Crippen LogP contribution in [0.1, 0.15) is 49.7 Å². The smallest absolute Gasteiger partial charge is 0.369 e. The van der Waals surface area contributed by atoms with E-state index in [0.29, 0.717) is 0 Å². The minimum Gasteiger partial charge on any atom is -0.369 e. The number of nitrogens with one attached hydrogen (secondary N) is 2. The van der Waals surface area contributed by atoms with E-state index in [2.05, 4.69) is 15.6 Å². The third-order valence-electron chi connectivity index (χ3n) is 6.81. The molecule has 1 heterocycles. The van der Waals surface area contributed by atoms with Gasteiger partial charge in [0.2, 0.25) is 17.7 Å². The van der Waals surface area contributed by atoms with Crippen LogP contribution in [0.4, 0.5) is 27.6 Å². The number of benzene rings is 2. The number of halogens is 5. The summed E-state index contributed by atoms with van der Waals surface area (Å²) in [5, 5.41) is 4.93. The molecule has 1 aliphatic heterocycles. The highest BCUT2D eigenvalue weighted by atomic mass is 19.4. The zero-order valence-electron chi connectivity index (χ0n) is 20.7. The van der Waals surface area contributed by atoms with E-state index in [0.717, 1.165) is 25.0 Å². The molecule has 2 aliphatic rings. The lowest BCUT2D eigenvalue weighted by molar-refractivity contribution is -0.146. The number of alkyl halides is 3. The van der Waals surface area contributed by atoms with E-state index in [1.165, 1.54) is 30.3 Å². The lowest BCUT2D eigenvalue weighted by Crippen LogP contribution is -2.46. The van der Waals surface area contributed by atoms with Crippen molar-refractivity contribution in [2.24, 2.45) is 28.5 Å². The molecule has 2 aromatic carbocycles. The van der Waals surface area contributed by atoms with Gasteiger partial charge in [0.15, 0.2) is 0 Å². The first kappa shape index (κ1) is 28.2. The summed E-state index contributed by atoms with van der Waals surface area (Å²) in [4.78, 5) is 42.7. The fourth-order valence-electron chi connectivity index (χ4n) is 4.73. The van der Waals surface area contributed by atoms with Crippen LogP contribution in [0.2, 0.25) is 0 Å². The van der Waals surface area contributed by atoms with Gasteiger partial charge in [-0.05, 0) is 37.0 Å². The summed E-state index contributed by atoms with van der Waals surface area (Å²) in [7, 11) is 0. The third-order valence-corrected chi connectivity index (χ3v) is 6.81. The Bertz CT molecular complexity index is 1290. The molecule has 0 radical (unpaired) electrons. The molecule has 0 spiro atoms. The molecule has 4 N–H and O–H groups in total. The maximum atomic E-state index is 14.6. The summed E-state index contributed by atoms with van der Waals surface area (Å²) >= 11 is 0. The molecular weight excluding hydrogens is 523 g/mol. The summed E-state index contributed by atoms with van der Waals surface area (Å²) in [5.74, 6) is -6.33. The van der Waals surface area contributed by atoms with Crippen LogP contribution in [0.15, 0.2) is 47.5 Å². The summed E-state index contributed by atoms with van der Waals surface area (Å²) in [6, 6.07) is 9.18. The average Bonchev–Trinajstić information content (AvgIpc) is 3.65. The van der Waals surface area contributed by atoms with Crippen molar-refractivity contribution in [3.63, 3.8) is 0 Å². The van der Waals surface area contributed by atoms with Crippen molar-refractivity contribution in [1.82, 2.24) is 5.32 Å². The number of nitrogens with zero attached hydrogens (tertiary/aromatic N) is 1. The molecule has 0 unspecified atom stereocenters. The Balaban J connectivity index is 1.71. The van der Waals surface area contributed by atoms with Gasteiger partial charge in [-0.15, -0.1) is 0 Å². The lowest BCUT2D eigenvalue weighted by atomic mass is 9.83. The first-order chi connectivity index (χ1) is 18.4. The van der Waals surface area contributed by atoms with Gasteiger partial charge in [0.1, 0.15) is 17.8 Å². The Morgan fingerprint density at radius 3 is 2.46 bits per heavy atom. The van der Waals surface area contributed by atoms with Crippen LogP contribution in [0.5, 0.6) is 0 Å². The van der Waals surface area contributed by atoms with Crippen LogP contribution in [0.3, 0.4) is 0 Å². The maximum absolute atomic E-state index is 14.6. The van der Waals surface area contributed by atoms with E-state index in [4.69, 9.17) is 5.73 Å². The van der Waals surface area contributed by atoms with Crippen molar-refractivity contribution in [1.29, 1.82) is 0 Å². The number of nitrogens with two attached hydrogens (primary N) is 1. The van der Waals surface area contributed by atoms with Gasteiger partial charge in [0, 0.05) is 29.4 Å². The molecule has 1 saturated carbocycles. The van der Waals surface area contributed by atoms with Crippen LogP contribution in [-0.2, 0) is 14.4 Å². The van der Waals surface area contributed by atoms with Crippen molar-refractivity contribution in [2.45, 2.75) is 50.9 Å². The molecule has 3 atom stereocenters. The molecule has 12 heteroatoms. The van der Waals surface area contributed by atoms with Crippen LogP contribution >= 0.6 is 0 Å². The Hall–Kier alpha value is -3.83. The second-order valence-electron chi connectivity index (χ2n) is 9.88. The monoisotopic (exact) mass is 550 g/mol. The second-order valence-corrected chi connectivity index (χ2v) is 9.88.